The topological polar surface area (TPSA) is 79.9 Å². The van der Waals surface area contributed by atoms with Gasteiger partial charge in [-0.25, -0.2) is 14.8 Å². The molecule has 2 aromatic heterocycles. The first-order chi connectivity index (χ1) is 8.70. The number of carbonyl (C=O) groups is 1. The second kappa shape index (κ2) is 5.31. The number of imidazole rings is 1. The van der Waals surface area contributed by atoms with E-state index in [0.717, 1.165) is 5.69 Å². The molecule has 0 bridgehead atoms. The van der Waals surface area contributed by atoms with Gasteiger partial charge in [-0.2, -0.15) is 0 Å². The van der Waals surface area contributed by atoms with E-state index >= 15 is 0 Å². The second-order valence-electron chi connectivity index (χ2n) is 3.75. The highest BCUT2D eigenvalue weighted by Crippen LogP contribution is 2.12. The Kier molecular flexibility index (Phi) is 3.57. The summed E-state index contributed by atoms with van der Waals surface area (Å²) in [6.07, 6.45) is 3.36. The quantitative estimate of drug-likeness (QED) is 0.799. The first kappa shape index (κ1) is 12.1. The summed E-state index contributed by atoms with van der Waals surface area (Å²) in [5.74, 6) is 0.329. The van der Waals surface area contributed by atoms with E-state index in [-0.39, 0.29) is 5.97 Å². The molecule has 0 spiro atoms. The predicted octanol–water partition coefficient (Wildman–Crippen LogP) is 1.51. The summed E-state index contributed by atoms with van der Waals surface area (Å²) in [6, 6.07) is 3.44. The molecule has 0 aliphatic rings. The zero-order chi connectivity index (χ0) is 13.0. The van der Waals surface area contributed by atoms with Gasteiger partial charge >= 0.3 is 5.97 Å². The smallest absolute Gasteiger partial charge is 0.339 e. The summed E-state index contributed by atoms with van der Waals surface area (Å²) < 4.78 is 4.66. The molecule has 6 heteroatoms. The molecule has 0 aliphatic heterocycles. The minimum absolute atomic E-state index is 0.375. The van der Waals surface area contributed by atoms with Crippen LogP contribution in [0.15, 0.2) is 24.7 Å². The number of rotatable bonds is 4. The van der Waals surface area contributed by atoms with Gasteiger partial charge in [-0.05, 0) is 19.1 Å². The Morgan fingerprint density at radius 1 is 1.50 bits per heavy atom. The van der Waals surface area contributed by atoms with Crippen LogP contribution >= 0.6 is 0 Å². The van der Waals surface area contributed by atoms with Crippen LogP contribution in [-0.4, -0.2) is 28.0 Å². The molecule has 2 aromatic rings. The van der Waals surface area contributed by atoms with Crippen LogP contribution in [0.4, 0.5) is 5.82 Å². The lowest BCUT2D eigenvalue weighted by molar-refractivity contribution is 0.0599. The number of nitrogens with zero attached hydrogens (tertiary/aromatic N) is 2. The van der Waals surface area contributed by atoms with Gasteiger partial charge in [0.2, 0.25) is 0 Å². The van der Waals surface area contributed by atoms with Gasteiger partial charge in [-0.1, -0.05) is 0 Å². The Morgan fingerprint density at radius 2 is 2.33 bits per heavy atom. The average Bonchev–Trinajstić information content (AvgIpc) is 2.88. The van der Waals surface area contributed by atoms with Crippen molar-refractivity contribution in [3.63, 3.8) is 0 Å². The summed E-state index contributed by atoms with van der Waals surface area (Å²) in [4.78, 5) is 22.6. The Hall–Kier alpha value is -2.37. The summed E-state index contributed by atoms with van der Waals surface area (Å²) in [7, 11) is 1.35. The van der Waals surface area contributed by atoms with Crippen LogP contribution in [0.1, 0.15) is 21.7 Å². The molecular weight excluding hydrogens is 232 g/mol. The van der Waals surface area contributed by atoms with Crippen molar-refractivity contribution in [3.05, 3.63) is 41.6 Å². The molecule has 0 amide bonds. The Balaban J connectivity index is 2.07. The standard InChI is InChI=1S/C12H14N4O2/c1-8-10(12(17)18-2)3-4-11(16-8)14-6-9-5-13-7-15-9/h3-5,7H,6H2,1-2H3,(H,13,15)(H,14,16). The first-order valence-corrected chi connectivity index (χ1v) is 5.48. The van der Waals surface area contributed by atoms with E-state index in [4.69, 9.17) is 0 Å². The van der Waals surface area contributed by atoms with Gasteiger partial charge in [-0.15, -0.1) is 0 Å². The van der Waals surface area contributed by atoms with Crippen molar-refractivity contribution in [1.29, 1.82) is 0 Å². The van der Waals surface area contributed by atoms with Crippen LogP contribution in [0.25, 0.3) is 0 Å². The number of aryl methyl sites for hydroxylation is 1. The molecule has 2 N–H and O–H groups in total. The number of hydrogen-bond acceptors (Lipinski definition) is 5. The molecule has 0 radical (unpaired) electrons. The third-order valence-electron chi connectivity index (χ3n) is 2.51. The van der Waals surface area contributed by atoms with Gasteiger partial charge in [0, 0.05) is 6.20 Å². The van der Waals surface area contributed by atoms with Gasteiger partial charge < -0.3 is 15.0 Å². The number of ether oxygens (including phenoxy) is 1. The van der Waals surface area contributed by atoms with Gasteiger partial charge in [0.15, 0.2) is 0 Å². The Labute approximate surface area is 104 Å². The zero-order valence-electron chi connectivity index (χ0n) is 10.2. The highest BCUT2D eigenvalue weighted by Gasteiger charge is 2.10. The first-order valence-electron chi connectivity index (χ1n) is 5.48. The maximum Gasteiger partial charge on any atom is 0.339 e. The zero-order valence-corrected chi connectivity index (χ0v) is 10.2. The minimum atomic E-state index is -0.375. The average molecular weight is 246 g/mol. The molecule has 0 aromatic carbocycles. The monoisotopic (exact) mass is 246 g/mol. The number of aromatic nitrogens is 3. The molecule has 0 aliphatic carbocycles. The molecule has 0 unspecified atom stereocenters. The lowest BCUT2D eigenvalue weighted by Crippen LogP contribution is -2.08. The number of esters is 1. The number of aromatic amines is 1. The molecule has 94 valence electrons. The van der Waals surface area contributed by atoms with Crippen molar-refractivity contribution in [2.45, 2.75) is 13.5 Å². The fourth-order valence-electron chi connectivity index (χ4n) is 1.55. The van der Waals surface area contributed by atoms with E-state index in [9.17, 15) is 4.79 Å². The van der Waals surface area contributed by atoms with E-state index in [1.807, 2.05) is 0 Å². The third-order valence-corrected chi connectivity index (χ3v) is 2.51. The molecule has 18 heavy (non-hydrogen) atoms. The molecule has 2 heterocycles. The second-order valence-corrected chi connectivity index (χ2v) is 3.75. The van der Waals surface area contributed by atoms with Gasteiger partial charge in [-0.3, -0.25) is 0 Å². The van der Waals surface area contributed by atoms with Crippen molar-refractivity contribution >= 4 is 11.8 Å². The van der Waals surface area contributed by atoms with Crippen molar-refractivity contribution < 1.29 is 9.53 Å². The minimum Gasteiger partial charge on any atom is -0.465 e. The van der Waals surface area contributed by atoms with Crippen LogP contribution < -0.4 is 5.32 Å². The molecule has 0 atom stereocenters. The van der Waals surface area contributed by atoms with Gasteiger partial charge in [0.05, 0.1) is 36.9 Å². The van der Waals surface area contributed by atoms with Crippen molar-refractivity contribution in [3.8, 4) is 0 Å². The van der Waals surface area contributed by atoms with Crippen LogP contribution in [0.3, 0.4) is 0 Å². The van der Waals surface area contributed by atoms with Gasteiger partial charge in [0.25, 0.3) is 0 Å². The highest BCUT2D eigenvalue weighted by atomic mass is 16.5. The highest BCUT2D eigenvalue weighted by molar-refractivity contribution is 5.90. The molecule has 0 saturated carbocycles. The number of methoxy groups -OCH3 is 1. The number of anilines is 1. The summed E-state index contributed by atoms with van der Waals surface area (Å²) in [6.45, 7) is 2.37. The number of nitrogens with one attached hydrogen (secondary N) is 2. The lowest BCUT2D eigenvalue weighted by atomic mass is 10.2. The molecule has 6 nitrogen and oxygen atoms in total. The fraction of sp³-hybridized carbons (Fsp3) is 0.250. The molecule has 0 saturated heterocycles. The number of carbonyl (C=O) groups excluding carboxylic acids is 1. The van der Waals surface area contributed by atoms with E-state index in [2.05, 4.69) is 25.0 Å². The maximum atomic E-state index is 11.4. The van der Waals surface area contributed by atoms with Crippen LogP contribution in [0, 0.1) is 6.92 Å². The van der Waals surface area contributed by atoms with Crippen LogP contribution in [-0.2, 0) is 11.3 Å². The predicted molar refractivity (Wildman–Crippen MR) is 66.2 cm³/mol. The summed E-state index contributed by atoms with van der Waals surface area (Å²) in [5.41, 5.74) is 2.08. The summed E-state index contributed by atoms with van der Waals surface area (Å²) in [5, 5.41) is 3.14. The largest absolute Gasteiger partial charge is 0.465 e. The fourth-order valence-corrected chi connectivity index (χ4v) is 1.55. The van der Waals surface area contributed by atoms with E-state index in [1.165, 1.54) is 7.11 Å². The normalized spacial score (nSPS) is 10.1. The lowest BCUT2D eigenvalue weighted by Gasteiger charge is -2.07. The van der Waals surface area contributed by atoms with Crippen molar-refractivity contribution in [2.75, 3.05) is 12.4 Å². The molecular formula is C12H14N4O2. The summed E-state index contributed by atoms with van der Waals surface area (Å²) >= 11 is 0. The number of pyridine rings is 1. The van der Waals surface area contributed by atoms with Crippen LogP contribution in [0.5, 0.6) is 0 Å². The Morgan fingerprint density at radius 3 is 2.94 bits per heavy atom. The van der Waals surface area contributed by atoms with E-state index < -0.39 is 0 Å². The SMILES string of the molecule is COC(=O)c1ccc(NCc2cnc[nH]2)nc1C. The maximum absolute atomic E-state index is 11.4. The third kappa shape index (κ3) is 2.65. The number of H-pyrrole nitrogens is 1. The van der Waals surface area contributed by atoms with E-state index in [0.29, 0.717) is 23.6 Å². The molecule has 2 rings (SSSR count). The Bertz CT molecular complexity index is 537. The van der Waals surface area contributed by atoms with E-state index in [1.54, 1.807) is 31.6 Å². The van der Waals surface area contributed by atoms with Crippen molar-refractivity contribution in [2.24, 2.45) is 0 Å². The van der Waals surface area contributed by atoms with Crippen molar-refractivity contribution in [1.82, 2.24) is 15.0 Å². The number of hydrogen-bond donors (Lipinski definition) is 2. The molecule has 0 fully saturated rings. The van der Waals surface area contributed by atoms with Crippen LogP contribution in [0.2, 0.25) is 0 Å². The van der Waals surface area contributed by atoms with Gasteiger partial charge in [0.1, 0.15) is 5.82 Å².